The molecule has 6 rings (SSSR count). The van der Waals surface area contributed by atoms with Crippen molar-refractivity contribution < 1.29 is 0 Å². The second-order valence-corrected chi connectivity index (χ2v) is 7.72. The van der Waals surface area contributed by atoms with E-state index in [4.69, 9.17) is 4.98 Å². The van der Waals surface area contributed by atoms with Crippen LogP contribution in [0.1, 0.15) is 5.56 Å². The smallest absolute Gasteiger partial charge is 0.0794 e. The lowest BCUT2D eigenvalue weighted by Crippen LogP contribution is -1.92. The third-order valence-corrected chi connectivity index (χ3v) is 5.90. The molecule has 1 heterocycles. The summed E-state index contributed by atoms with van der Waals surface area (Å²) in [5.74, 6) is 0. The fourth-order valence-corrected chi connectivity index (χ4v) is 4.44. The first-order valence-electron chi connectivity index (χ1n) is 9.99. The van der Waals surface area contributed by atoms with E-state index in [1.807, 2.05) is 0 Å². The highest BCUT2D eigenvalue weighted by Gasteiger charge is 2.15. The zero-order chi connectivity index (χ0) is 19.4. The third-order valence-electron chi connectivity index (χ3n) is 5.90. The van der Waals surface area contributed by atoms with Gasteiger partial charge in [0.1, 0.15) is 0 Å². The Bertz CT molecular complexity index is 1450. The molecule has 5 aromatic carbocycles. The second-order valence-electron chi connectivity index (χ2n) is 7.72. The van der Waals surface area contributed by atoms with Gasteiger partial charge in [-0.3, -0.25) is 0 Å². The largest absolute Gasteiger partial charge is 0.246 e. The molecule has 29 heavy (non-hydrogen) atoms. The van der Waals surface area contributed by atoms with Gasteiger partial charge in [0.15, 0.2) is 0 Å². The van der Waals surface area contributed by atoms with Gasteiger partial charge in [-0.25, -0.2) is 4.98 Å². The summed E-state index contributed by atoms with van der Waals surface area (Å²) in [4.78, 5) is 5.24. The van der Waals surface area contributed by atoms with Gasteiger partial charge < -0.3 is 0 Å². The summed E-state index contributed by atoms with van der Waals surface area (Å²) < 4.78 is 0. The van der Waals surface area contributed by atoms with Gasteiger partial charge in [0.25, 0.3) is 0 Å². The minimum Gasteiger partial charge on any atom is -0.246 e. The third kappa shape index (κ3) is 2.44. The van der Waals surface area contributed by atoms with Crippen LogP contribution in [0.5, 0.6) is 0 Å². The number of aryl methyl sites for hydroxylation is 1. The maximum atomic E-state index is 5.24. The minimum absolute atomic E-state index is 1.07. The van der Waals surface area contributed by atoms with Crippen molar-refractivity contribution in [1.82, 2.24) is 4.98 Å². The summed E-state index contributed by atoms with van der Waals surface area (Å²) in [7, 11) is 0. The molecule has 0 aliphatic heterocycles. The quantitative estimate of drug-likeness (QED) is 0.214. The lowest BCUT2D eigenvalue weighted by atomic mass is 9.92. The average molecular weight is 369 g/mol. The Labute approximate surface area is 169 Å². The molecule has 136 valence electrons. The molecule has 0 bridgehead atoms. The Balaban J connectivity index is 1.89. The lowest BCUT2D eigenvalue weighted by Gasteiger charge is -2.15. The van der Waals surface area contributed by atoms with Crippen molar-refractivity contribution in [2.24, 2.45) is 0 Å². The molecule has 0 aliphatic rings. The summed E-state index contributed by atoms with van der Waals surface area (Å²) in [6, 6.07) is 34.8. The van der Waals surface area contributed by atoms with E-state index in [-0.39, 0.29) is 0 Å². The molecule has 0 radical (unpaired) electrons. The van der Waals surface area contributed by atoms with Crippen LogP contribution >= 0.6 is 0 Å². The van der Waals surface area contributed by atoms with Gasteiger partial charge in [-0.2, -0.15) is 0 Å². The summed E-state index contributed by atoms with van der Waals surface area (Å²) in [5.41, 5.74) is 5.91. The average Bonchev–Trinajstić information content (AvgIpc) is 2.78. The van der Waals surface area contributed by atoms with Gasteiger partial charge in [-0.1, -0.05) is 103 Å². The molecule has 0 amide bonds. The molecule has 0 fully saturated rings. The molecule has 6 aromatic rings. The van der Waals surface area contributed by atoms with Gasteiger partial charge in [-0.05, 0) is 23.3 Å². The van der Waals surface area contributed by atoms with Crippen LogP contribution in [0.3, 0.4) is 0 Å². The maximum absolute atomic E-state index is 5.24. The van der Waals surface area contributed by atoms with E-state index in [1.165, 1.54) is 49.0 Å². The Morgan fingerprint density at radius 2 is 1.00 bits per heavy atom. The van der Waals surface area contributed by atoms with E-state index in [1.54, 1.807) is 0 Å². The van der Waals surface area contributed by atoms with Crippen LogP contribution in [0.15, 0.2) is 97.1 Å². The SMILES string of the molecule is Cc1ccc(-c2c3ccc4ccccc4c3nc3c2ccc2ccccc23)cc1. The normalized spacial score (nSPS) is 11.6. The topological polar surface area (TPSA) is 12.9 Å². The van der Waals surface area contributed by atoms with Gasteiger partial charge in [-0.15, -0.1) is 0 Å². The second kappa shape index (κ2) is 6.15. The Hall–Kier alpha value is -3.71. The van der Waals surface area contributed by atoms with Crippen LogP contribution in [-0.4, -0.2) is 4.98 Å². The first-order chi connectivity index (χ1) is 14.3. The number of pyridine rings is 1. The van der Waals surface area contributed by atoms with Crippen LogP contribution in [0, 0.1) is 6.92 Å². The minimum atomic E-state index is 1.07. The number of rotatable bonds is 1. The van der Waals surface area contributed by atoms with Crippen molar-refractivity contribution in [3.8, 4) is 11.1 Å². The van der Waals surface area contributed by atoms with Crippen molar-refractivity contribution in [3.63, 3.8) is 0 Å². The zero-order valence-corrected chi connectivity index (χ0v) is 16.2. The van der Waals surface area contributed by atoms with Gasteiger partial charge in [0, 0.05) is 27.1 Å². The standard InChI is InChI=1S/C28H19N/c1-18-10-12-21(13-11-18)26-24-16-14-19-6-2-4-8-22(19)27(24)29-28-23-9-5-3-7-20(23)15-17-25(26)28/h2-17H,1H3. The molecule has 0 atom stereocenters. The predicted molar refractivity (Wildman–Crippen MR) is 124 cm³/mol. The predicted octanol–water partition coefficient (Wildman–Crippen LogP) is 7.67. The van der Waals surface area contributed by atoms with Crippen molar-refractivity contribution >= 4 is 43.4 Å². The summed E-state index contributed by atoms with van der Waals surface area (Å²) in [6.07, 6.45) is 0. The van der Waals surface area contributed by atoms with Crippen molar-refractivity contribution in [1.29, 1.82) is 0 Å². The van der Waals surface area contributed by atoms with E-state index in [9.17, 15) is 0 Å². The van der Waals surface area contributed by atoms with E-state index in [2.05, 4.69) is 104 Å². The molecule has 1 heteroatoms. The molecular formula is C28H19N. The first-order valence-corrected chi connectivity index (χ1v) is 9.99. The monoisotopic (exact) mass is 369 g/mol. The molecule has 0 N–H and O–H groups in total. The van der Waals surface area contributed by atoms with Crippen molar-refractivity contribution in [3.05, 3.63) is 103 Å². The van der Waals surface area contributed by atoms with Crippen LogP contribution in [0.4, 0.5) is 0 Å². The fraction of sp³-hybridized carbons (Fsp3) is 0.0357. The number of hydrogen-bond donors (Lipinski definition) is 0. The number of fused-ring (bicyclic) bond motifs is 6. The van der Waals surface area contributed by atoms with Gasteiger partial charge >= 0.3 is 0 Å². The summed E-state index contributed by atoms with van der Waals surface area (Å²) in [6.45, 7) is 2.13. The molecule has 0 saturated heterocycles. The van der Waals surface area contributed by atoms with Gasteiger partial charge in [0.2, 0.25) is 0 Å². The first kappa shape index (κ1) is 16.3. The summed E-state index contributed by atoms with van der Waals surface area (Å²) >= 11 is 0. The Morgan fingerprint density at radius 1 is 0.483 bits per heavy atom. The summed E-state index contributed by atoms with van der Waals surface area (Å²) in [5, 5.41) is 7.26. The molecule has 1 aromatic heterocycles. The van der Waals surface area contributed by atoms with E-state index < -0.39 is 0 Å². The highest BCUT2D eigenvalue weighted by atomic mass is 14.7. The van der Waals surface area contributed by atoms with Crippen LogP contribution in [-0.2, 0) is 0 Å². The number of nitrogens with zero attached hydrogens (tertiary/aromatic N) is 1. The number of benzene rings is 5. The van der Waals surface area contributed by atoms with Crippen molar-refractivity contribution in [2.45, 2.75) is 6.92 Å². The van der Waals surface area contributed by atoms with E-state index >= 15 is 0 Å². The highest BCUT2D eigenvalue weighted by Crippen LogP contribution is 2.39. The number of hydrogen-bond acceptors (Lipinski definition) is 1. The van der Waals surface area contributed by atoms with E-state index in [0.717, 1.165) is 11.0 Å². The van der Waals surface area contributed by atoms with Crippen LogP contribution in [0.2, 0.25) is 0 Å². The zero-order valence-electron chi connectivity index (χ0n) is 16.2. The maximum Gasteiger partial charge on any atom is 0.0794 e. The molecule has 0 aliphatic carbocycles. The highest BCUT2D eigenvalue weighted by molar-refractivity contribution is 6.21. The molecule has 0 saturated carbocycles. The molecule has 1 nitrogen and oxygen atoms in total. The van der Waals surface area contributed by atoms with Crippen LogP contribution < -0.4 is 0 Å². The fourth-order valence-electron chi connectivity index (χ4n) is 4.44. The van der Waals surface area contributed by atoms with E-state index in [0.29, 0.717) is 0 Å². The van der Waals surface area contributed by atoms with Gasteiger partial charge in [0.05, 0.1) is 11.0 Å². The molecular weight excluding hydrogens is 350 g/mol. The van der Waals surface area contributed by atoms with Crippen LogP contribution in [0.25, 0.3) is 54.5 Å². The Kier molecular flexibility index (Phi) is 3.45. The molecule has 0 spiro atoms. The molecule has 0 unspecified atom stereocenters. The number of aromatic nitrogens is 1. The lowest BCUT2D eigenvalue weighted by molar-refractivity contribution is 1.47. The van der Waals surface area contributed by atoms with Crippen molar-refractivity contribution in [2.75, 3.05) is 0 Å². The Morgan fingerprint density at radius 3 is 1.55 bits per heavy atom.